The number of carbonyl (C=O) groups excluding carboxylic acids is 1. The van der Waals surface area contributed by atoms with Gasteiger partial charge in [-0.25, -0.2) is 0 Å². The summed E-state index contributed by atoms with van der Waals surface area (Å²) in [6.07, 6.45) is -2.92. The molecule has 0 bridgehead atoms. The van der Waals surface area contributed by atoms with Gasteiger partial charge in [0.25, 0.3) is 5.91 Å². The van der Waals surface area contributed by atoms with Gasteiger partial charge < -0.3 is 9.64 Å². The number of likely N-dealkylation sites (tertiary alicyclic amines) is 1. The van der Waals surface area contributed by atoms with E-state index in [1.54, 1.807) is 17.0 Å². The van der Waals surface area contributed by atoms with Gasteiger partial charge in [0.2, 0.25) is 5.88 Å². The van der Waals surface area contributed by atoms with Crippen molar-refractivity contribution in [2.45, 2.75) is 24.9 Å². The molecule has 5 nitrogen and oxygen atoms in total. The number of ether oxygens (including phenoxy) is 1. The molecule has 2 aromatic rings. The normalized spacial score (nSPS) is 17.8. The van der Waals surface area contributed by atoms with E-state index in [-0.39, 0.29) is 17.5 Å². The van der Waals surface area contributed by atoms with E-state index in [2.05, 4.69) is 10.2 Å². The van der Waals surface area contributed by atoms with Gasteiger partial charge in [0.15, 0.2) is 5.69 Å². The highest BCUT2D eigenvalue weighted by Gasteiger charge is 2.32. The van der Waals surface area contributed by atoms with E-state index >= 15 is 0 Å². The summed E-state index contributed by atoms with van der Waals surface area (Å²) < 4.78 is 43.7. The molecule has 3 rings (SSSR count). The van der Waals surface area contributed by atoms with Crippen LogP contribution in [0.2, 0.25) is 0 Å². The minimum atomic E-state index is -4.38. The summed E-state index contributed by atoms with van der Waals surface area (Å²) in [7, 11) is 1.45. The molecule has 0 aliphatic carbocycles. The fourth-order valence-electron chi connectivity index (χ4n) is 3.11. The van der Waals surface area contributed by atoms with Crippen molar-refractivity contribution in [2.75, 3.05) is 20.2 Å². The third-order valence-electron chi connectivity index (χ3n) is 4.46. The Morgan fingerprint density at radius 1 is 1.23 bits per heavy atom. The minimum Gasteiger partial charge on any atom is -0.480 e. The van der Waals surface area contributed by atoms with Crippen LogP contribution in [0, 0.1) is 0 Å². The van der Waals surface area contributed by atoms with Gasteiger partial charge in [-0.2, -0.15) is 13.2 Å². The first-order valence-corrected chi connectivity index (χ1v) is 8.22. The molecule has 1 aromatic carbocycles. The molecule has 1 aliphatic heterocycles. The van der Waals surface area contributed by atoms with Crippen LogP contribution in [0.3, 0.4) is 0 Å². The summed E-state index contributed by atoms with van der Waals surface area (Å²) in [6, 6.07) is 8.40. The van der Waals surface area contributed by atoms with Crippen molar-refractivity contribution < 1.29 is 22.7 Å². The maximum Gasteiger partial charge on any atom is 0.416 e. The molecule has 1 aliphatic rings. The monoisotopic (exact) mass is 365 g/mol. The number of aromatic nitrogens is 2. The van der Waals surface area contributed by atoms with Gasteiger partial charge in [0.1, 0.15) is 0 Å². The lowest BCUT2D eigenvalue weighted by atomic mass is 9.89. The van der Waals surface area contributed by atoms with Gasteiger partial charge in [-0.1, -0.05) is 18.2 Å². The van der Waals surface area contributed by atoms with Crippen molar-refractivity contribution in [3.8, 4) is 5.88 Å². The Morgan fingerprint density at radius 2 is 2.04 bits per heavy atom. The first kappa shape index (κ1) is 18.2. The molecule has 0 saturated carbocycles. The van der Waals surface area contributed by atoms with Gasteiger partial charge in [0, 0.05) is 25.1 Å². The number of piperidine rings is 1. The van der Waals surface area contributed by atoms with Gasteiger partial charge >= 0.3 is 6.18 Å². The number of rotatable bonds is 3. The fraction of sp³-hybridized carbons (Fsp3) is 0.389. The van der Waals surface area contributed by atoms with Crippen molar-refractivity contribution in [1.29, 1.82) is 0 Å². The molecule has 1 saturated heterocycles. The number of methoxy groups -OCH3 is 1. The highest BCUT2D eigenvalue weighted by atomic mass is 19.4. The lowest BCUT2D eigenvalue weighted by Crippen LogP contribution is -2.39. The summed E-state index contributed by atoms with van der Waals surface area (Å²) in [5.74, 6) is -0.111. The maximum atomic E-state index is 12.9. The van der Waals surface area contributed by atoms with Crippen molar-refractivity contribution >= 4 is 5.91 Å². The highest BCUT2D eigenvalue weighted by molar-refractivity contribution is 5.92. The zero-order valence-electron chi connectivity index (χ0n) is 14.2. The van der Waals surface area contributed by atoms with Gasteiger partial charge in [0.05, 0.1) is 12.7 Å². The van der Waals surface area contributed by atoms with Crippen molar-refractivity contribution in [3.05, 3.63) is 53.2 Å². The van der Waals surface area contributed by atoms with Gasteiger partial charge in [-0.15, -0.1) is 10.2 Å². The molecule has 138 valence electrons. The quantitative estimate of drug-likeness (QED) is 0.835. The second-order valence-electron chi connectivity index (χ2n) is 6.17. The van der Waals surface area contributed by atoms with Crippen LogP contribution in [0.5, 0.6) is 5.88 Å². The van der Waals surface area contributed by atoms with E-state index in [1.165, 1.54) is 25.3 Å². The number of nitrogens with zero attached hydrogens (tertiary/aromatic N) is 3. The molecule has 26 heavy (non-hydrogen) atoms. The third-order valence-corrected chi connectivity index (χ3v) is 4.46. The van der Waals surface area contributed by atoms with Gasteiger partial charge in [-0.05, 0) is 30.5 Å². The number of amides is 1. The average Bonchev–Trinajstić information content (AvgIpc) is 2.67. The van der Waals surface area contributed by atoms with E-state index in [0.29, 0.717) is 24.5 Å². The molecular formula is C18H18F3N3O2. The molecule has 1 amide bonds. The van der Waals surface area contributed by atoms with E-state index in [9.17, 15) is 18.0 Å². The molecule has 0 N–H and O–H groups in total. The number of hydrogen-bond acceptors (Lipinski definition) is 4. The summed E-state index contributed by atoms with van der Waals surface area (Å²) in [6.45, 7) is 0.899. The zero-order valence-corrected chi connectivity index (χ0v) is 14.2. The van der Waals surface area contributed by atoms with Crippen LogP contribution in [0.1, 0.15) is 40.4 Å². The Kier molecular flexibility index (Phi) is 5.11. The molecule has 1 fully saturated rings. The first-order chi connectivity index (χ1) is 12.4. The Hall–Kier alpha value is -2.64. The smallest absolute Gasteiger partial charge is 0.416 e. The molecule has 1 atom stereocenters. The molecule has 2 heterocycles. The zero-order chi connectivity index (χ0) is 18.7. The van der Waals surface area contributed by atoms with Crippen LogP contribution < -0.4 is 4.74 Å². The van der Waals surface area contributed by atoms with E-state index < -0.39 is 11.7 Å². The molecule has 8 heteroatoms. The predicted molar refractivity (Wildman–Crippen MR) is 87.9 cm³/mol. The number of hydrogen-bond donors (Lipinski definition) is 0. The van der Waals surface area contributed by atoms with Crippen molar-refractivity contribution in [1.82, 2.24) is 15.1 Å². The van der Waals surface area contributed by atoms with Crippen LogP contribution in [0.15, 0.2) is 36.4 Å². The molecule has 1 aromatic heterocycles. The fourth-order valence-corrected chi connectivity index (χ4v) is 3.11. The first-order valence-electron chi connectivity index (χ1n) is 8.22. The highest BCUT2D eigenvalue weighted by Crippen LogP contribution is 2.33. The van der Waals surface area contributed by atoms with E-state index in [0.717, 1.165) is 18.9 Å². The second kappa shape index (κ2) is 7.31. The van der Waals surface area contributed by atoms with E-state index in [4.69, 9.17) is 4.74 Å². The standard InChI is InChI=1S/C18H18F3N3O2/c1-26-16-8-7-15(22-23-16)17(25)24-9-3-5-13(11-24)12-4-2-6-14(10-12)18(19,20)21/h2,4,6-8,10,13H,3,5,9,11H2,1H3. The van der Waals surface area contributed by atoms with Crippen LogP contribution in [-0.2, 0) is 6.18 Å². The summed E-state index contributed by atoms with van der Waals surface area (Å²) in [5.41, 5.74) is 0.119. The molecule has 0 spiro atoms. The summed E-state index contributed by atoms with van der Waals surface area (Å²) >= 11 is 0. The Balaban J connectivity index is 1.75. The van der Waals surface area contributed by atoms with Gasteiger partial charge in [-0.3, -0.25) is 4.79 Å². The molecule has 1 unspecified atom stereocenters. The third kappa shape index (κ3) is 3.95. The Bertz CT molecular complexity index is 778. The summed E-state index contributed by atoms with van der Waals surface area (Å²) in [4.78, 5) is 14.2. The van der Waals surface area contributed by atoms with Crippen LogP contribution >= 0.6 is 0 Å². The van der Waals surface area contributed by atoms with Crippen molar-refractivity contribution in [2.24, 2.45) is 0 Å². The predicted octanol–water partition coefficient (Wildman–Crippen LogP) is 3.52. The average molecular weight is 365 g/mol. The Labute approximate surface area is 148 Å². The number of halogens is 3. The number of benzene rings is 1. The SMILES string of the molecule is COc1ccc(C(=O)N2CCCC(c3cccc(C(F)(F)F)c3)C2)nn1. The van der Waals surface area contributed by atoms with Crippen LogP contribution in [0.25, 0.3) is 0 Å². The summed E-state index contributed by atoms with van der Waals surface area (Å²) in [5, 5.41) is 7.64. The van der Waals surface area contributed by atoms with Crippen molar-refractivity contribution in [3.63, 3.8) is 0 Å². The molecule has 0 radical (unpaired) electrons. The number of carbonyl (C=O) groups is 1. The second-order valence-corrected chi connectivity index (χ2v) is 6.17. The van der Waals surface area contributed by atoms with Crippen LogP contribution in [-0.4, -0.2) is 41.2 Å². The topological polar surface area (TPSA) is 55.3 Å². The van der Waals surface area contributed by atoms with Crippen LogP contribution in [0.4, 0.5) is 13.2 Å². The minimum absolute atomic E-state index is 0.138. The van der Waals surface area contributed by atoms with E-state index in [1.807, 2.05) is 0 Å². The lowest BCUT2D eigenvalue weighted by Gasteiger charge is -2.33. The largest absolute Gasteiger partial charge is 0.480 e. The number of alkyl halides is 3. The lowest BCUT2D eigenvalue weighted by molar-refractivity contribution is -0.137. The Morgan fingerprint density at radius 3 is 2.69 bits per heavy atom. The maximum absolute atomic E-state index is 12.9. The molecular weight excluding hydrogens is 347 g/mol.